The molecule has 0 amide bonds. The minimum absolute atomic E-state index is 0.330. The number of fused-ring (bicyclic) bond motifs is 1. The third kappa shape index (κ3) is 3.49. The molecule has 2 aliphatic rings. The van der Waals surface area contributed by atoms with Crippen molar-refractivity contribution < 1.29 is 9.47 Å². The number of rotatable bonds is 4. The second-order valence-electron chi connectivity index (χ2n) is 6.72. The van der Waals surface area contributed by atoms with Crippen LogP contribution in [0.3, 0.4) is 0 Å². The van der Waals surface area contributed by atoms with Crippen molar-refractivity contribution in [2.75, 3.05) is 56.9 Å². The molecule has 0 saturated carbocycles. The number of pyridine rings is 1. The van der Waals surface area contributed by atoms with Gasteiger partial charge in [-0.15, -0.1) is 0 Å². The van der Waals surface area contributed by atoms with Crippen molar-refractivity contribution in [3.63, 3.8) is 0 Å². The molecular weight excluding hydrogens is 316 g/mol. The fraction of sp³-hybridized carbons (Fsp3) is 0.421. The summed E-state index contributed by atoms with van der Waals surface area (Å²) in [6.45, 7) is 5.32. The van der Waals surface area contributed by atoms with Gasteiger partial charge in [-0.1, -0.05) is 6.07 Å². The molecule has 0 unspecified atom stereocenters. The van der Waals surface area contributed by atoms with E-state index in [2.05, 4.69) is 52.0 Å². The quantitative estimate of drug-likeness (QED) is 0.850. The first-order valence-corrected chi connectivity index (χ1v) is 8.68. The highest BCUT2D eigenvalue weighted by atomic mass is 16.7. The fourth-order valence-corrected chi connectivity index (χ4v) is 3.29. The van der Waals surface area contributed by atoms with Gasteiger partial charge in [0, 0.05) is 64.8 Å². The molecule has 132 valence electrons. The molecule has 0 spiro atoms. The van der Waals surface area contributed by atoms with Gasteiger partial charge in [0.25, 0.3) is 0 Å². The Balaban J connectivity index is 1.36. The van der Waals surface area contributed by atoms with Gasteiger partial charge in [-0.05, 0) is 23.8 Å². The maximum atomic E-state index is 5.47. The molecule has 0 bridgehead atoms. The summed E-state index contributed by atoms with van der Waals surface area (Å²) >= 11 is 0. The van der Waals surface area contributed by atoms with Gasteiger partial charge in [0.2, 0.25) is 6.79 Å². The Morgan fingerprint density at radius 3 is 2.60 bits per heavy atom. The van der Waals surface area contributed by atoms with Gasteiger partial charge in [-0.25, -0.2) is 4.98 Å². The Morgan fingerprint density at radius 2 is 1.80 bits per heavy atom. The van der Waals surface area contributed by atoms with E-state index < -0.39 is 0 Å². The van der Waals surface area contributed by atoms with Crippen LogP contribution in [0.5, 0.6) is 11.5 Å². The van der Waals surface area contributed by atoms with E-state index in [1.54, 1.807) is 0 Å². The molecule has 0 N–H and O–H groups in total. The Hall–Kier alpha value is -2.47. The maximum absolute atomic E-state index is 5.47. The number of nitrogens with zero attached hydrogens (tertiary/aromatic N) is 4. The summed E-state index contributed by atoms with van der Waals surface area (Å²) in [5, 5.41) is 0. The van der Waals surface area contributed by atoms with Gasteiger partial charge in [0.15, 0.2) is 11.5 Å². The largest absolute Gasteiger partial charge is 0.454 e. The molecule has 6 heteroatoms. The average Bonchev–Trinajstić information content (AvgIpc) is 3.10. The topological polar surface area (TPSA) is 41.1 Å². The normalized spacial score (nSPS) is 17.0. The van der Waals surface area contributed by atoms with E-state index in [-0.39, 0.29) is 0 Å². The molecule has 0 aliphatic carbocycles. The predicted molar refractivity (Wildman–Crippen MR) is 98.6 cm³/mol. The zero-order valence-electron chi connectivity index (χ0n) is 14.8. The molecule has 1 fully saturated rings. The van der Waals surface area contributed by atoms with E-state index in [1.165, 1.54) is 11.3 Å². The molecule has 1 aromatic carbocycles. The lowest BCUT2D eigenvalue weighted by Gasteiger charge is -2.35. The third-order valence-electron chi connectivity index (χ3n) is 4.78. The molecule has 2 aliphatic heterocycles. The smallest absolute Gasteiger partial charge is 0.231 e. The summed E-state index contributed by atoms with van der Waals surface area (Å²) in [6, 6.07) is 10.4. The molecule has 1 aromatic heterocycles. The number of aromatic nitrogens is 1. The summed E-state index contributed by atoms with van der Waals surface area (Å²) in [6.07, 6.45) is 1.89. The van der Waals surface area contributed by atoms with Crippen LogP contribution in [-0.2, 0) is 6.54 Å². The predicted octanol–water partition coefficient (Wildman–Crippen LogP) is 2.20. The van der Waals surface area contributed by atoms with Crippen LogP contribution in [0.2, 0.25) is 0 Å². The van der Waals surface area contributed by atoms with Crippen molar-refractivity contribution in [1.29, 1.82) is 0 Å². The number of anilines is 2. The van der Waals surface area contributed by atoms with Gasteiger partial charge in [0.05, 0.1) is 0 Å². The van der Waals surface area contributed by atoms with Gasteiger partial charge in [0.1, 0.15) is 5.82 Å². The number of hydrogen-bond donors (Lipinski definition) is 0. The van der Waals surface area contributed by atoms with Crippen LogP contribution in [0.1, 0.15) is 5.56 Å². The first-order valence-electron chi connectivity index (χ1n) is 8.68. The lowest BCUT2D eigenvalue weighted by molar-refractivity contribution is 0.174. The van der Waals surface area contributed by atoms with Crippen LogP contribution >= 0.6 is 0 Å². The average molecular weight is 340 g/mol. The van der Waals surface area contributed by atoms with Gasteiger partial charge >= 0.3 is 0 Å². The standard InChI is InChI=1S/C19H24N4O2/c1-21(2)16-5-6-20-19(12-16)23-9-7-22(8-10-23)13-15-3-4-17-18(11-15)25-14-24-17/h3-6,11-12H,7-10,13-14H2,1-2H3. The Morgan fingerprint density at radius 1 is 1.00 bits per heavy atom. The number of ether oxygens (including phenoxy) is 2. The van der Waals surface area contributed by atoms with E-state index in [4.69, 9.17) is 9.47 Å². The van der Waals surface area contributed by atoms with Crippen LogP contribution in [-0.4, -0.2) is 57.0 Å². The first kappa shape index (κ1) is 16.0. The molecule has 2 aromatic rings. The lowest BCUT2D eigenvalue weighted by atomic mass is 10.1. The second kappa shape index (κ2) is 6.80. The highest BCUT2D eigenvalue weighted by Gasteiger charge is 2.20. The Labute approximate surface area is 148 Å². The van der Waals surface area contributed by atoms with E-state index in [0.29, 0.717) is 6.79 Å². The summed E-state index contributed by atoms with van der Waals surface area (Å²) in [7, 11) is 4.12. The summed E-state index contributed by atoms with van der Waals surface area (Å²) < 4.78 is 10.9. The van der Waals surface area contributed by atoms with Gasteiger partial charge < -0.3 is 19.3 Å². The molecule has 6 nitrogen and oxygen atoms in total. The number of benzene rings is 1. The lowest BCUT2D eigenvalue weighted by Crippen LogP contribution is -2.46. The maximum Gasteiger partial charge on any atom is 0.231 e. The van der Waals surface area contributed by atoms with Crippen molar-refractivity contribution in [3.8, 4) is 11.5 Å². The van der Waals surface area contributed by atoms with Crippen molar-refractivity contribution in [2.45, 2.75) is 6.54 Å². The minimum Gasteiger partial charge on any atom is -0.454 e. The van der Waals surface area contributed by atoms with E-state index in [1.807, 2.05) is 18.3 Å². The van der Waals surface area contributed by atoms with Gasteiger partial charge in [-0.2, -0.15) is 0 Å². The number of hydrogen-bond acceptors (Lipinski definition) is 6. The molecule has 0 radical (unpaired) electrons. The molecule has 25 heavy (non-hydrogen) atoms. The number of piperazine rings is 1. The van der Waals surface area contributed by atoms with Crippen LogP contribution in [0.15, 0.2) is 36.5 Å². The highest BCUT2D eigenvalue weighted by Crippen LogP contribution is 2.33. The molecular formula is C19H24N4O2. The van der Waals surface area contributed by atoms with Crippen LogP contribution in [0.25, 0.3) is 0 Å². The van der Waals surface area contributed by atoms with Crippen molar-refractivity contribution in [2.24, 2.45) is 0 Å². The van der Waals surface area contributed by atoms with Crippen molar-refractivity contribution >= 4 is 11.5 Å². The second-order valence-corrected chi connectivity index (χ2v) is 6.72. The van der Waals surface area contributed by atoms with E-state index in [9.17, 15) is 0 Å². The van der Waals surface area contributed by atoms with Gasteiger partial charge in [-0.3, -0.25) is 4.90 Å². The molecule has 4 rings (SSSR count). The third-order valence-corrected chi connectivity index (χ3v) is 4.78. The zero-order valence-corrected chi connectivity index (χ0v) is 14.8. The Bertz CT molecular complexity index is 742. The first-order chi connectivity index (χ1) is 12.2. The fourth-order valence-electron chi connectivity index (χ4n) is 3.29. The molecule has 1 saturated heterocycles. The highest BCUT2D eigenvalue weighted by molar-refractivity contribution is 5.54. The summed E-state index contributed by atoms with van der Waals surface area (Å²) in [5.41, 5.74) is 2.46. The zero-order chi connectivity index (χ0) is 17.2. The molecule has 3 heterocycles. The van der Waals surface area contributed by atoms with Crippen LogP contribution in [0, 0.1) is 0 Å². The van der Waals surface area contributed by atoms with E-state index >= 15 is 0 Å². The SMILES string of the molecule is CN(C)c1ccnc(N2CCN(Cc3ccc4c(c3)OCO4)CC2)c1. The van der Waals surface area contributed by atoms with E-state index in [0.717, 1.165) is 50.0 Å². The molecule has 0 atom stereocenters. The van der Waals surface area contributed by atoms with Crippen molar-refractivity contribution in [1.82, 2.24) is 9.88 Å². The minimum atomic E-state index is 0.330. The monoisotopic (exact) mass is 340 g/mol. The Kier molecular flexibility index (Phi) is 4.36. The summed E-state index contributed by atoms with van der Waals surface area (Å²) in [5.74, 6) is 2.77. The van der Waals surface area contributed by atoms with Crippen LogP contribution in [0.4, 0.5) is 11.5 Å². The summed E-state index contributed by atoms with van der Waals surface area (Å²) in [4.78, 5) is 11.5. The van der Waals surface area contributed by atoms with Crippen LogP contribution < -0.4 is 19.3 Å². The van der Waals surface area contributed by atoms with Crippen molar-refractivity contribution in [3.05, 3.63) is 42.1 Å².